The third-order valence-electron chi connectivity index (χ3n) is 3.82. The van der Waals surface area contributed by atoms with Gasteiger partial charge in [0.1, 0.15) is 5.54 Å². The number of fused-ring (bicyclic) bond motifs is 1. The minimum atomic E-state index is -1.16. The Morgan fingerprint density at radius 2 is 2.10 bits per heavy atom. The van der Waals surface area contributed by atoms with Crippen molar-refractivity contribution in [3.8, 4) is 0 Å². The summed E-state index contributed by atoms with van der Waals surface area (Å²) in [5, 5.41) is 12.1. The maximum absolute atomic E-state index is 12.3. The van der Waals surface area contributed by atoms with E-state index in [4.69, 9.17) is 0 Å². The first kappa shape index (κ1) is 15.4. The van der Waals surface area contributed by atoms with Gasteiger partial charge in [-0.1, -0.05) is 13.8 Å². The Balaban J connectivity index is 2.19. The molecule has 0 aromatic carbocycles. The van der Waals surface area contributed by atoms with E-state index in [2.05, 4.69) is 5.32 Å². The number of carbonyl (C=O) groups excluding carboxylic acids is 1. The molecule has 110 valence electrons. The zero-order valence-corrected chi connectivity index (χ0v) is 13.3. The van der Waals surface area contributed by atoms with Crippen molar-refractivity contribution in [1.82, 2.24) is 5.32 Å². The van der Waals surface area contributed by atoms with Crippen LogP contribution in [0.2, 0.25) is 0 Å². The van der Waals surface area contributed by atoms with Gasteiger partial charge in [0.15, 0.2) is 0 Å². The molecule has 0 spiro atoms. The highest BCUT2D eigenvalue weighted by Gasteiger charge is 2.37. The van der Waals surface area contributed by atoms with Gasteiger partial charge in [-0.15, -0.1) is 11.3 Å². The van der Waals surface area contributed by atoms with E-state index in [0.717, 1.165) is 17.9 Å². The van der Waals surface area contributed by atoms with Crippen LogP contribution in [0.25, 0.3) is 0 Å². The average molecular weight is 313 g/mol. The van der Waals surface area contributed by atoms with Gasteiger partial charge in [-0.3, -0.25) is 4.79 Å². The van der Waals surface area contributed by atoms with Crippen LogP contribution in [0.3, 0.4) is 0 Å². The highest BCUT2D eigenvalue weighted by Crippen LogP contribution is 2.32. The molecule has 0 saturated carbocycles. The summed E-state index contributed by atoms with van der Waals surface area (Å²) >= 11 is 3.37. The number of carboxylic acids is 1. The number of amides is 1. The fourth-order valence-corrected chi connectivity index (χ4v) is 4.59. The number of nitrogens with one attached hydrogen (secondary N) is 1. The molecule has 2 rings (SSSR count). The van der Waals surface area contributed by atoms with E-state index in [0.29, 0.717) is 17.7 Å². The van der Waals surface area contributed by atoms with E-state index in [9.17, 15) is 14.7 Å². The highest BCUT2D eigenvalue weighted by molar-refractivity contribution is 7.98. The predicted molar refractivity (Wildman–Crippen MR) is 82.6 cm³/mol. The van der Waals surface area contributed by atoms with E-state index >= 15 is 0 Å². The van der Waals surface area contributed by atoms with Crippen LogP contribution in [-0.4, -0.2) is 28.3 Å². The standard InChI is InChI=1S/C14H19NO3S2/c1-3-14(4-2,13(17)18)15-12(16)11-7-9-8-19-6-5-10(9)20-11/h7H,3-6,8H2,1-2H3,(H,15,16)(H,17,18). The molecule has 0 atom stereocenters. The molecule has 0 unspecified atom stereocenters. The molecule has 1 amide bonds. The number of hydrogen-bond acceptors (Lipinski definition) is 4. The fraction of sp³-hybridized carbons (Fsp3) is 0.571. The van der Waals surface area contributed by atoms with Crippen LogP contribution in [0.1, 0.15) is 46.8 Å². The average Bonchev–Trinajstić information content (AvgIpc) is 2.88. The maximum atomic E-state index is 12.3. The van der Waals surface area contributed by atoms with E-state index < -0.39 is 11.5 Å². The molecule has 0 radical (unpaired) electrons. The zero-order valence-electron chi connectivity index (χ0n) is 11.7. The second-order valence-electron chi connectivity index (χ2n) is 4.91. The quantitative estimate of drug-likeness (QED) is 0.877. The third kappa shape index (κ3) is 2.86. The molecule has 1 aliphatic heterocycles. The number of carboxylic acid groups (broad SMARTS) is 1. The molecule has 1 aromatic rings. The molecular formula is C14H19NO3S2. The summed E-state index contributed by atoms with van der Waals surface area (Å²) in [6.07, 6.45) is 1.76. The minimum absolute atomic E-state index is 0.263. The molecule has 1 aliphatic rings. The summed E-state index contributed by atoms with van der Waals surface area (Å²) in [4.78, 5) is 25.7. The minimum Gasteiger partial charge on any atom is -0.480 e. The number of carbonyl (C=O) groups is 2. The second kappa shape index (κ2) is 6.18. The van der Waals surface area contributed by atoms with Gasteiger partial charge in [0.05, 0.1) is 4.88 Å². The molecule has 6 heteroatoms. The van der Waals surface area contributed by atoms with Crippen LogP contribution in [0.4, 0.5) is 0 Å². The Labute approximate surface area is 127 Å². The molecule has 2 N–H and O–H groups in total. The molecular weight excluding hydrogens is 294 g/mol. The molecule has 20 heavy (non-hydrogen) atoms. The Hall–Kier alpha value is -1.01. The van der Waals surface area contributed by atoms with Crippen molar-refractivity contribution in [1.29, 1.82) is 0 Å². The molecule has 2 heterocycles. The van der Waals surface area contributed by atoms with Crippen LogP contribution in [0, 0.1) is 0 Å². The first-order valence-electron chi connectivity index (χ1n) is 6.77. The molecule has 4 nitrogen and oxygen atoms in total. The van der Waals surface area contributed by atoms with Crippen LogP contribution in [0.15, 0.2) is 6.07 Å². The predicted octanol–water partition coefficient (Wildman–Crippen LogP) is 2.91. The lowest BCUT2D eigenvalue weighted by atomic mass is 9.93. The number of thioether (sulfide) groups is 1. The summed E-state index contributed by atoms with van der Waals surface area (Å²) in [6, 6.07) is 1.92. The van der Waals surface area contributed by atoms with Gasteiger partial charge in [0.2, 0.25) is 0 Å². The van der Waals surface area contributed by atoms with Gasteiger partial charge in [-0.2, -0.15) is 11.8 Å². The van der Waals surface area contributed by atoms with Crippen molar-refractivity contribution < 1.29 is 14.7 Å². The van der Waals surface area contributed by atoms with Gasteiger partial charge in [0, 0.05) is 10.6 Å². The zero-order chi connectivity index (χ0) is 14.8. The molecule has 0 aliphatic carbocycles. The van der Waals surface area contributed by atoms with Crippen molar-refractivity contribution in [3.63, 3.8) is 0 Å². The number of rotatable bonds is 5. The number of aryl methyl sites for hydroxylation is 1. The first-order chi connectivity index (χ1) is 9.52. The fourth-order valence-electron chi connectivity index (χ4n) is 2.32. The Morgan fingerprint density at radius 1 is 1.40 bits per heavy atom. The van der Waals surface area contributed by atoms with Crippen LogP contribution in [-0.2, 0) is 17.0 Å². The summed E-state index contributed by atoms with van der Waals surface area (Å²) in [5.41, 5.74) is 0.0707. The maximum Gasteiger partial charge on any atom is 0.329 e. The summed E-state index contributed by atoms with van der Waals surface area (Å²) in [6.45, 7) is 3.57. The normalized spacial score (nSPS) is 14.7. The second-order valence-corrected chi connectivity index (χ2v) is 7.15. The number of aliphatic carboxylic acids is 1. The first-order valence-corrected chi connectivity index (χ1v) is 8.74. The van der Waals surface area contributed by atoms with Gasteiger partial charge in [-0.25, -0.2) is 4.79 Å². The summed E-state index contributed by atoms with van der Waals surface area (Å²) < 4.78 is 0. The molecule has 0 fully saturated rings. The lowest BCUT2D eigenvalue weighted by Gasteiger charge is -2.27. The molecule has 1 aromatic heterocycles. The Morgan fingerprint density at radius 3 is 2.65 bits per heavy atom. The summed E-state index contributed by atoms with van der Waals surface area (Å²) in [7, 11) is 0. The van der Waals surface area contributed by atoms with Gasteiger partial charge in [-0.05, 0) is 36.6 Å². The van der Waals surface area contributed by atoms with Crippen molar-refractivity contribution in [2.75, 3.05) is 5.75 Å². The van der Waals surface area contributed by atoms with Crippen molar-refractivity contribution in [2.24, 2.45) is 0 Å². The van der Waals surface area contributed by atoms with Crippen molar-refractivity contribution >= 4 is 35.0 Å². The van der Waals surface area contributed by atoms with E-state index in [-0.39, 0.29) is 5.91 Å². The lowest BCUT2D eigenvalue weighted by Crippen LogP contribution is -2.53. The van der Waals surface area contributed by atoms with Crippen LogP contribution < -0.4 is 5.32 Å². The molecule has 0 saturated heterocycles. The monoisotopic (exact) mass is 313 g/mol. The van der Waals surface area contributed by atoms with E-state index in [1.165, 1.54) is 21.8 Å². The number of hydrogen-bond donors (Lipinski definition) is 2. The smallest absolute Gasteiger partial charge is 0.329 e. The largest absolute Gasteiger partial charge is 0.480 e. The third-order valence-corrected chi connectivity index (χ3v) is 6.06. The van der Waals surface area contributed by atoms with E-state index in [1.807, 2.05) is 17.8 Å². The number of thiophene rings is 1. The van der Waals surface area contributed by atoms with E-state index in [1.54, 1.807) is 13.8 Å². The topological polar surface area (TPSA) is 66.4 Å². The van der Waals surface area contributed by atoms with Crippen LogP contribution in [0.5, 0.6) is 0 Å². The Bertz CT molecular complexity index is 497. The van der Waals surface area contributed by atoms with Crippen molar-refractivity contribution in [3.05, 3.63) is 21.4 Å². The highest BCUT2D eigenvalue weighted by atomic mass is 32.2. The summed E-state index contributed by atoms with van der Waals surface area (Å²) in [5.74, 6) is 0.815. The van der Waals surface area contributed by atoms with Gasteiger partial charge >= 0.3 is 5.97 Å². The molecule has 0 bridgehead atoms. The van der Waals surface area contributed by atoms with Crippen molar-refractivity contribution in [2.45, 2.75) is 44.4 Å². The SMILES string of the molecule is CCC(CC)(NC(=O)c1cc2c(s1)CCSC2)C(=O)O. The van der Waals surface area contributed by atoms with Gasteiger partial charge in [0.25, 0.3) is 5.91 Å². The lowest BCUT2D eigenvalue weighted by molar-refractivity contribution is -0.144. The Kier molecular flexibility index (Phi) is 4.75. The van der Waals surface area contributed by atoms with Gasteiger partial charge < -0.3 is 10.4 Å². The van der Waals surface area contributed by atoms with Crippen LogP contribution >= 0.6 is 23.1 Å².